The van der Waals surface area contributed by atoms with Crippen molar-refractivity contribution in [3.05, 3.63) is 28.2 Å². The van der Waals surface area contributed by atoms with Crippen molar-refractivity contribution in [1.29, 1.82) is 5.26 Å². The lowest BCUT2D eigenvalue weighted by Gasteiger charge is -2.16. The first kappa shape index (κ1) is 15.5. The van der Waals surface area contributed by atoms with Gasteiger partial charge in [0.15, 0.2) is 0 Å². The smallest absolute Gasteiger partial charge is 0.225 e. The molecule has 0 N–H and O–H groups in total. The Bertz CT molecular complexity index is 483. The van der Waals surface area contributed by atoms with Crippen LogP contribution in [0.25, 0.3) is 0 Å². The van der Waals surface area contributed by atoms with E-state index < -0.39 is 0 Å². The molecule has 5 heteroatoms. The second kappa shape index (κ2) is 7.80. The van der Waals surface area contributed by atoms with Gasteiger partial charge in [0.05, 0.1) is 25.5 Å². The molecule has 0 aliphatic rings. The maximum absolute atomic E-state index is 11.7. The molecular formula is C14H17BrN2O2. The molecule has 4 nitrogen and oxygen atoms in total. The van der Waals surface area contributed by atoms with Crippen molar-refractivity contribution < 1.29 is 9.53 Å². The molecule has 0 saturated heterocycles. The fraction of sp³-hybridized carbons (Fsp3) is 0.429. The Kier molecular flexibility index (Phi) is 6.37. The highest BCUT2D eigenvalue weighted by atomic mass is 79.9. The first-order valence-corrected chi connectivity index (χ1v) is 6.83. The topological polar surface area (TPSA) is 53.3 Å². The summed E-state index contributed by atoms with van der Waals surface area (Å²) >= 11 is 3.38. The van der Waals surface area contributed by atoms with E-state index in [1.807, 2.05) is 31.2 Å². The average molecular weight is 325 g/mol. The summed E-state index contributed by atoms with van der Waals surface area (Å²) in [6, 6.07) is 7.81. The predicted molar refractivity (Wildman–Crippen MR) is 76.9 cm³/mol. The molecule has 0 bridgehead atoms. The highest BCUT2D eigenvalue weighted by Crippen LogP contribution is 2.22. The molecule has 0 aromatic heterocycles. The van der Waals surface area contributed by atoms with Gasteiger partial charge in [0.25, 0.3) is 0 Å². The number of rotatable bonds is 6. The van der Waals surface area contributed by atoms with Crippen molar-refractivity contribution in [2.45, 2.75) is 19.8 Å². The molecule has 0 unspecified atom stereocenters. The Balaban J connectivity index is 2.40. The normalized spacial score (nSPS) is 9.79. The van der Waals surface area contributed by atoms with Gasteiger partial charge in [-0.1, -0.05) is 22.0 Å². The molecule has 0 fully saturated rings. The van der Waals surface area contributed by atoms with Crippen LogP contribution in [0, 0.1) is 18.3 Å². The van der Waals surface area contributed by atoms with Crippen LogP contribution < -0.4 is 4.74 Å². The Hall–Kier alpha value is -1.54. The SMILES string of the molecule is Cc1ccc(Br)cc1OCCC(=O)N(C)CCC#N. The summed E-state index contributed by atoms with van der Waals surface area (Å²) in [6.07, 6.45) is 0.668. The summed E-state index contributed by atoms with van der Waals surface area (Å²) < 4.78 is 6.55. The minimum absolute atomic E-state index is 0.0112. The molecule has 1 rings (SSSR count). The Labute approximate surface area is 122 Å². The summed E-state index contributed by atoms with van der Waals surface area (Å²) in [7, 11) is 1.70. The summed E-state index contributed by atoms with van der Waals surface area (Å²) in [6.45, 7) is 2.76. The van der Waals surface area contributed by atoms with Crippen LogP contribution in [0.5, 0.6) is 5.75 Å². The van der Waals surface area contributed by atoms with Gasteiger partial charge < -0.3 is 9.64 Å². The molecule has 1 amide bonds. The summed E-state index contributed by atoms with van der Waals surface area (Å²) in [4.78, 5) is 13.3. The van der Waals surface area contributed by atoms with Crippen molar-refractivity contribution in [3.63, 3.8) is 0 Å². The Morgan fingerprint density at radius 2 is 2.26 bits per heavy atom. The summed E-state index contributed by atoms with van der Waals surface area (Å²) in [5.74, 6) is 0.768. The summed E-state index contributed by atoms with van der Waals surface area (Å²) in [5.41, 5.74) is 1.04. The van der Waals surface area contributed by atoms with Gasteiger partial charge in [-0.15, -0.1) is 0 Å². The third kappa shape index (κ3) is 5.31. The number of nitrogens with zero attached hydrogens (tertiary/aromatic N) is 2. The number of hydrogen-bond donors (Lipinski definition) is 0. The van der Waals surface area contributed by atoms with Gasteiger partial charge >= 0.3 is 0 Å². The predicted octanol–water partition coefficient (Wildman–Crippen LogP) is 2.90. The fourth-order valence-electron chi connectivity index (χ4n) is 1.51. The average Bonchev–Trinajstić information content (AvgIpc) is 2.39. The van der Waals surface area contributed by atoms with E-state index in [0.29, 0.717) is 26.0 Å². The van der Waals surface area contributed by atoms with Gasteiger partial charge in [-0.2, -0.15) is 5.26 Å². The van der Waals surface area contributed by atoms with Gasteiger partial charge in [0, 0.05) is 18.1 Å². The number of nitriles is 1. The standard InChI is InChI=1S/C14H17BrN2O2/c1-11-4-5-12(15)10-13(11)19-9-6-14(18)17(2)8-3-7-16/h4-5,10H,3,6,8-9H2,1-2H3. The first-order chi connectivity index (χ1) is 9.04. The molecule has 19 heavy (non-hydrogen) atoms. The van der Waals surface area contributed by atoms with Gasteiger partial charge in [-0.25, -0.2) is 0 Å². The molecule has 0 aliphatic carbocycles. The number of amides is 1. The van der Waals surface area contributed by atoms with Gasteiger partial charge in [-0.3, -0.25) is 4.79 Å². The number of aryl methyl sites for hydroxylation is 1. The first-order valence-electron chi connectivity index (χ1n) is 6.04. The van der Waals surface area contributed by atoms with E-state index in [1.54, 1.807) is 11.9 Å². The van der Waals surface area contributed by atoms with Crippen LogP contribution in [0.15, 0.2) is 22.7 Å². The highest BCUT2D eigenvalue weighted by molar-refractivity contribution is 9.10. The van der Waals surface area contributed by atoms with Crippen LogP contribution in [0.1, 0.15) is 18.4 Å². The molecule has 1 aromatic rings. The minimum atomic E-state index is -0.0112. The number of ether oxygens (including phenoxy) is 1. The molecule has 0 radical (unpaired) electrons. The monoisotopic (exact) mass is 324 g/mol. The van der Waals surface area contributed by atoms with E-state index in [9.17, 15) is 4.79 Å². The maximum Gasteiger partial charge on any atom is 0.225 e. The van der Waals surface area contributed by atoms with Crippen LogP contribution in [0.3, 0.4) is 0 Å². The zero-order valence-corrected chi connectivity index (χ0v) is 12.7. The lowest BCUT2D eigenvalue weighted by atomic mass is 10.2. The van der Waals surface area contributed by atoms with E-state index in [-0.39, 0.29) is 5.91 Å². The molecule has 0 atom stereocenters. The van der Waals surface area contributed by atoms with Crippen LogP contribution in [-0.2, 0) is 4.79 Å². The number of carbonyl (C=O) groups excluding carboxylic acids is 1. The van der Waals surface area contributed by atoms with Crippen LogP contribution in [0.4, 0.5) is 0 Å². The largest absolute Gasteiger partial charge is 0.493 e. The second-order valence-electron chi connectivity index (χ2n) is 4.23. The molecule has 102 valence electrons. The quantitative estimate of drug-likeness (QED) is 0.808. The van der Waals surface area contributed by atoms with E-state index in [1.165, 1.54) is 0 Å². The molecule has 0 saturated carbocycles. The fourth-order valence-corrected chi connectivity index (χ4v) is 1.85. The molecule has 1 aromatic carbocycles. The van der Waals surface area contributed by atoms with Gasteiger partial charge in [0.1, 0.15) is 5.75 Å². The van der Waals surface area contributed by atoms with Crippen molar-refractivity contribution in [2.24, 2.45) is 0 Å². The van der Waals surface area contributed by atoms with Crippen LogP contribution >= 0.6 is 15.9 Å². The number of halogens is 1. The number of carbonyl (C=O) groups is 1. The van der Waals surface area contributed by atoms with Crippen LogP contribution in [-0.4, -0.2) is 31.0 Å². The third-order valence-electron chi connectivity index (χ3n) is 2.71. The number of hydrogen-bond acceptors (Lipinski definition) is 3. The lowest BCUT2D eigenvalue weighted by molar-refractivity contribution is -0.130. The lowest BCUT2D eigenvalue weighted by Crippen LogP contribution is -2.28. The zero-order valence-electron chi connectivity index (χ0n) is 11.1. The minimum Gasteiger partial charge on any atom is -0.493 e. The Morgan fingerprint density at radius 3 is 2.95 bits per heavy atom. The van der Waals surface area contributed by atoms with Crippen molar-refractivity contribution in [2.75, 3.05) is 20.2 Å². The van der Waals surface area contributed by atoms with Crippen molar-refractivity contribution >= 4 is 21.8 Å². The van der Waals surface area contributed by atoms with Crippen molar-refractivity contribution in [1.82, 2.24) is 4.90 Å². The van der Waals surface area contributed by atoms with E-state index in [2.05, 4.69) is 15.9 Å². The Morgan fingerprint density at radius 1 is 1.53 bits per heavy atom. The van der Waals surface area contributed by atoms with Gasteiger partial charge in [0.2, 0.25) is 5.91 Å². The number of benzene rings is 1. The maximum atomic E-state index is 11.7. The summed E-state index contributed by atoms with van der Waals surface area (Å²) in [5, 5.41) is 8.46. The molecule has 0 heterocycles. The zero-order chi connectivity index (χ0) is 14.3. The molecular weight excluding hydrogens is 308 g/mol. The second-order valence-corrected chi connectivity index (χ2v) is 5.15. The third-order valence-corrected chi connectivity index (χ3v) is 3.20. The molecule has 0 spiro atoms. The van der Waals surface area contributed by atoms with E-state index >= 15 is 0 Å². The van der Waals surface area contributed by atoms with E-state index in [4.69, 9.17) is 10.00 Å². The molecule has 0 aliphatic heterocycles. The van der Waals surface area contributed by atoms with Crippen molar-refractivity contribution in [3.8, 4) is 11.8 Å². The van der Waals surface area contributed by atoms with E-state index in [0.717, 1.165) is 15.8 Å². The van der Waals surface area contributed by atoms with Gasteiger partial charge in [-0.05, 0) is 24.6 Å². The highest BCUT2D eigenvalue weighted by Gasteiger charge is 2.09. The van der Waals surface area contributed by atoms with Crippen LogP contribution in [0.2, 0.25) is 0 Å².